The highest BCUT2D eigenvalue weighted by molar-refractivity contribution is 9.10. The molecule has 0 radical (unpaired) electrons. The summed E-state index contributed by atoms with van der Waals surface area (Å²) < 4.78 is 0.347. The predicted octanol–water partition coefficient (Wildman–Crippen LogP) is 1.78. The van der Waals surface area contributed by atoms with Gasteiger partial charge in [0.1, 0.15) is 0 Å². The van der Waals surface area contributed by atoms with Gasteiger partial charge in [-0.15, -0.1) is 0 Å². The highest BCUT2D eigenvalue weighted by Gasteiger charge is 2.24. The number of nitro benzene ring substituents is 1. The first-order valence-electron chi connectivity index (χ1n) is 4.20. The van der Waals surface area contributed by atoms with Gasteiger partial charge in [-0.3, -0.25) is 10.1 Å². The van der Waals surface area contributed by atoms with Crippen LogP contribution in [0.1, 0.15) is 17.2 Å². The third kappa shape index (κ3) is 2.37. The molecule has 0 aromatic heterocycles. The molecule has 0 saturated carbocycles. The van der Waals surface area contributed by atoms with E-state index in [0.717, 1.165) is 0 Å². The molecular formula is C9H8BrNO5. The number of halogens is 1. The van der Waals surface area contributed by atoms with Gasteiger partial charge in [-0.1, -0.05) is 15.9 Å². The van der Waals surface area contributed by atoms with Gasteiger partial charge in [0.05, 0.1) is 4.92 Å². The van der Waals surface area contributed by atoms with Crippen LogP contribution < -0.4 is 0 Å². The van der Waals surface area contributed by atoms with Gasteiger partial charge in [0.15, 0.2) is 6.10 Å². The van der Waals surface area contributed by atoms with Crippen LogP contribution in [-0.2, 0) is 4.79 Å². The highest BCUT2D eigenvalue weighted by atomic mass is 79.9. The van der Waals surface area contributed by atoms with E-state index in [1.807, 2.05) is 0 Å². The van der Waals surface area contributed by atoms with Crippen LogP contribution in [0.4, 0.5) is 5.69 Å². The second-order valence-electron chi connectivity index (χ2n) is 3.14. The molecule has 0 amide bonds. The number of nitro groups is 1. The van der Waals surface area contributed by atoms with Crippen molar-refractivity contribution in [3.05, 3.63) is 37.8 Å². The van der Waals surface area contributed by atoms with Gasteiger partial charge in [0.25, 0.3) is 5.69 Å². The van der Waals surface area contributed by atoms with Crippen molar-refractivity contribution in [2.75, 3.05) is 0 Å². The Bertz CT molecular complexity index is 459. The van der Waals surface area contributed by atoms with Crippen LogP contribution in [0.15, 0.2) is 16.6 Å². The lowest BCUT2D eigenvalue weighted by molar-refractivity contribution is -0.385. The second-order valence-corrected chi connectivity index (χ2v) is 4.05. The molecule has 0 aliphatic carbocycles. The Balaban J connectivity index is 3.40. The van der Waals surface area contributed by atoms with Gasteiger partial charge < -0.3 is 10.2 Å². The van der Waals surface area contributed by atoms with Gasteiger partial charge in [-0.05, 0) is 13.0 Å². The lowest BCUT2D eigenvalue weighted by atomic mass is 10.0. The number of rotatable bonds is 3. The minimum atomic E-state index is -1.77. The smallest absolute Gasteiger partial charge is 0.337 e. The Morgan fingerprint density at radius 3 is 2.56 bits per heavy atom. The van der Waals surface area contributed by atoms with E-state index in [1.165, 1.54) is 19.1 Å². The third-order valence-corrected chi connectivity index (χ3v) is 2.57. The molecular weight excluding hydrogens is 282 g/mol. The molecule has 7 heteroatoms. The molecule has 1 aromatic rings. The summed E-state index contributed by atoms with van der Waals surface area (Å²) >= 11 is 3.02. The SMILES string of the molecule is Cc1c(C(O)C(=O)O)cc(Br)cc1[N+](=O)[O-]. The first-order valence-corrected chi connectivity index (χ1v) is 4.99. The van der Waals surface area contributed by atoms with Crippen molar-refractivity contribution < 1.29 is 19.9 Å². The summed E-state index contributed by atoms with van der Waals surface area (Å²) in [7, 11) is 0. The fraction of sp³-hybridized carbons (Fsp3) is 0.222. The molecule has 0 saturated heterocycles. The van der Waals surface area contributed by atoms with Gasteiger partial charge in [0, 0.05) is 21.7 Å². The molecule has 0 fully saturated rings. The summed E-state index contributed by atoms with van der Waals surface area (Å²) in [5, 5.41) is 28.7. The molecule has 2 N–H and O–H groups in total. The van der Waals surface area contributed by atoms with E-state index in [1.54, 1.807) is 0 Å². The van der Waals surface area contributed by atoms with E-state index in [9.17, 15) is 20.0 Å². The van der Waals surface area contributed by atoms with E-state index >= 15 is 0 Å². The van der Waals surface area contributed by atoms with E-state index < -0.39 is 17.0 Å². The molecule has 0 bridgehead atoms. The van der Waals surface area contributed by atoms with Crippen molar-refractivity contribution in [3.8, 4) is 0 Å². The average molecular weight is 290 g/mol. The molecule has 1 atom stereocenters. The van der Waals surface area contributed by atoms with Crippen molar-refractivity contribution in [1.29, 1.82) is 0 Å². The fourth-order valence-corrected chi connectivity index (χ4v) is 1.76. The van der Waals surface area contributed by atoms with Crippen LogP contribution in [-0.4, -0.2) is 21.1 Å². The van der Waals surface area contributed by atoms with Crippen molar-refractivity contribution in [1.82, 2.24) is 0 Å². The molecule has 1 rings (SSSR count). The zero-order chi connectivity index (χ0) is 12.5. The Morgan fingerprint density at radius 2 is 2.12 bits per heavy atom. The fourth-order valence-electron chi connectivity index (χ4n) is 1.29. The molecule has 86 valence electrons. The molecule has 6 nitrogen and oxygen atoms in total. The minimum absolute atomic E-state index is 0.00794. The Labute approximate surface area is 98.8 Å². The summed E-state index contributed by atoms with van der Waals surface area (Å²) in [6.07, 6.45) is -1.77. The number of nitrogens with zero attached hydrogens (tertiary/aromatic N) is 1. The quantitative estimate of drug-likeness (QED) is 0.652. The zero-order valence-electron chi connectivity index (χ0n) is 8.18. The van der Waals surface area contributed by atoms with E-state index in [-0.39, 0.29) is 16.8 Å². The highest BCUT2D eigenvalue weighted by Crippen LogP contribution is 2.30. The number of carboxylic acid groups (broad SMARTS) is 1. The predicted molar refractivity (Wildman–Crippen MR) is 58.1 cm³/mol. The van der Waals surface area contributed by atoms with Gasteiger partial charge >= 0.3 is 5.97 Å². The van der Waals surface area contributed by atoms with Crippen LogP contribution in [0.3, 0.4) is 0 Å². The van der Waals surface area contributed by atoms with E-state index in [2.05, 4.69) is 15.9 Å². The summed E-state index contributed by atoms with van der Waals surface area (Å²) in [5.74, 6) is -1.45. The van der Waals surface area contributed by atoms with Gasteiger partial charge in [-0.25, -0.2) is 4.79 Å². The maximum absolute atomic E-state index is 10.7. The summed E-state index contributed by atoms with van der Waals surface area (Å²) in [4.78, 5) is 20.7. The third-order valence-electron chi connectivity index (χ3n) is 2.11. The first-order chi connectivity index (χ1) is 7.34. The number of aliphatic carboxylic acids is 1. The molecule has 16 heavy (non-hydrogen) atoms. The summed E-state index contributed by atoms with van der Waals surface area (Å²) in [6.45, 7) is 1.39. The Morgan fingerprint density at radius 1 is 1.56 bits per heavy atom. The van der Waals surface area contributed by atoms with Gasteiger partial charge in [-0.2, -0.15) is 0 Å². The van der Waals surface area contributed by atoms with Crippen LogP contribution in [0.5, 0.6) is 0 Å². The van der Waals surface area contributed by atoms with Crippen molar-refractivity contribution in [3.63, 3.8) is 0 Å². The summed E-state index contributed by atoms with van der Waals surface area (Å²) in [6, 6.07) is 2.61. The second kappa shape index (κ2) is 4.58. The number of hydrogen-bond donors (Lipinski definition) is 2. The van der Waals surface area contributed by atoms with Crippen LogP contribution in [0.2, 0.25) is 0 Å². The summed E-state index contributed by atoms with van der Waals surface area (Å²) in [5.41, 5.74) is -0.0821. The molecule has 0 heterocycles. The maximum atomic E-state index is 10.7. The first kappa shape index (κ1) is 12.6. The monoisotopic (exact) mass is 289 g/mol. The topological polar surface area (TPSA) is 101 Å². The van der Waals surface area contributed by atoms with Crippen molar-refractivity contribution in [2.24, 2.45) is 0 Å². The van der Waals surface area contributed by atoms with Gasteiger partial charge in [0.2, 0.25) is 0 Å². The van der Waals surface area contributed by atoms with Crippen LogP contribution >= 0.6 is 15.9 Å². The van der Waals surface area contributed by atoms with Crippen molar-refractivity contribution >= 4 is 27.6 Å². The maximum Gasteiger partial charge on any atom is 0.337 e. The Hall–Kier alpha value is -1.47. The minimum Gasteiger partial charge on any atom is -0.479 e. The lowest BCUT2D eigenvalue weighted by Gasteiger charge is -2.10. The lowest BCUT2D eigenvalue weighted by Crippen LogP contribution is -2.12. The molecule has 1 aromatic carbocycles. The molecule has 1 unspecified atom stereocenters. The van der Waals surface area contributed by atoms with Crippen LogP contribution in [0.25, 0.3) is 0 Å². The van der Waals surface area contributed by atoms with Crippen molar-refractivity contribution in [2.45, 2.75) is 13.0 Å². The number of aliphatic hydroxyl groups excluding tert-OH is 1. The number of hydrogen-bond acceptors (Lipinski definition) is 4. The molecule has 0 aliphatic heterocycles. The number of carboxylic acids is 1. The number of carbonyl (C=O) groups is 1. The van der Waals surface area contributed by atoms with Crippen LogP contribution in [0, 0.1) is 17.0 Å². The average Bonchev–Trinajstić information content (AvgIpc) is 2.19. The normalized spacial score (nSPS) is 12.2. The Kier molecular flexibility index (Phi) is 3.61. The number of aliphatic hydroxyl groups is 1. The number of benzene rings is 1. The van der Waals surface area contributed by atoms with E-state index in [4.69, 9.17) is 5.11 Å². The van der Waals surface area contributed by atoms with E-state index in [0.29, 0.717) is 4.47 Å². The molecule has 0 aliphatic rings. The largest absolute Gasteiger partial charge is 0.479 e. The standard InChI is InChI=1S/C9H8BrNO5/c1-4-6(8(12)9(13)14)2-5(10)3-7(4)11(15)16/h2-3,8,12H,1H3,(H,13,14). The molecule has 0 spiro atoms. The zero-order valence-corrected chi connectivity index (χ0v) is 9.76.